The van der Waals surface area contributed by atoms with Crippen molar-refractivity contribution < 1.29 is 30.9 Å². The number of piperazine rings is 1. The number of nitrogens with zero attached hydrogens (tertiary/aromatic N) is 4. The van der Waals surface area contributed by atoms with Crippen LogP contribution in [0.2, 0.25) is 0 Å². The van der Waals surface area contributed by atoms with Crippen LogP contribution in [0.1, 0.15) is 12.5 Å². The van der Waals surface area contributed by atoms with Gasteiger partial charge in [0.15, 0.2) is 11.5 Å². The van der Waals surface area contributed by atoms with E-state index in [0.29, 0.717) is 6.79 Å². The Bertz CT molecular complexity index is 705. The first kappa shape index (κ1) is 17.9. The van der Waals surface area contributed by atoms with Crippen molar-refractivity contribution in [1.82, 2.24) is 9.97 Å². The molecule has 0 N–H and O–H groups in total. The van der Waals surface area contributed by atoms with Crippen molar-refractivity contribution in [3.05, 3.63) is 42.2 Å². The third-order valence-corrected chi connectivity index (χ3v) is 5.15. The molecule has 134 valence electrons. The molecule has 0 spiro atoms. The number of benzene rings is 1. The molecule has 7 heteroatoms. The van der Waals surface area contributed by atoms with E-state index in [1.165, 1.54) is 5.56 Å². The van der Waals surface area contributed by atoms with E-state index in [1.807, 2.05) is 24.5 Å². The molecule has 1 aromatic heterocycles. The molecule has 1 fully saturated rings. The summed E-state index contributed by atoms with van der Waals surface area (Å²) in [7, 11) is 0. The number of anilines is 1. The summed E-state index contributed by atoms with van der Waals surface area (Å²) in [5.74, 6) is 2.57. The Morgan fingerprint density at radius 3 is 2.52 bits per heavy atom. The van der Waals surface area contributed by atoms with Gasteiger partial charge >= 0.3 is 0 Å². The quantitative estimate of drug-likeness (QED) is 0.613. The molecule has 4 rings (SSSR count). The molecule has 1 saturated heterocycles. The number of fused-ring (bicyclic) bond motifs is 1. The first-order valence-electron chi connectivity index (χ1n) is 8.54. The monoisotopic (exact) mass is 406 g/mol. The average molecular weight is 407 g/mol. The second-order valence-electron chi connectivity index (χ2n) is 6.49. The number of quaternary nitrogens is 1. The Morgan fingerprint density at radius 2 is 1.80 bits per heavy atom. The number of likely N-dealkylation sites (N-methyl/N-ethyl adjacent to an activating group) is 1. The Kier molecular flexibility index (Phi) is 5.44. The molecule has 2 aromatic rings. The Labute approximate surface area is 158 Å². The fourth-order valence-corrected chi connectivity index (χ4v) is 3.56. The maximum atomic E-state index is 5.52. The van der Waals surface area contributed by atoms with Gasteiger partial charge in [-0.05, 0) is 31.2 Å². The predicted molar refractivity (Wildman–Crippen MR) is 91.0 cm³/mol. The molecule has 0 unspecified atom stereocenters. The number of halogens is 1. The molecular weight excluding hydrogens is 384 g/mol. The summed E-state index contributed by atoms with van der Waals surface area (Å²) < 4.78 is 12.0. The molecule has 0 bridgehead atoms. The Morgan fingerprint density at radius 1 is 1.08 bits per heavy atom. The number of rotatable bonds is 4. The first-order chi connectivity index (χ1) is 11.8. The van der Waals surface area contributed by atoms with Crippen LogP contribution in [0.5, 0.6) is 11.5 Å². The number of aromatic nitrogens is 2. The molecule has 2 aliphatic rings. The maximum Gasteiger partial charge on any atom is 0.231 e. The highest BCUT2D eigenvalue weighted by atomic mass is 79.9. The molecule has 0 aliphatic carbocycles. The highest BCUT2D eigenvalue weighted by molar-refractivity contribution is 5.44. The second-order valence-corrected chi connectivity index (χ2v) is 6.49. The first-order valence-corrected chi connectivity index (χ1v) is 8.54. The van der Waals surface area contributed by atoms with Crippen LogP contribution >= 0.6 is 0 Å². The van der Waals surface area contributed by atoms with Crippen LogP contribution in [0.3, 0.4) is 0 Å². The zero-order valence-corrected chi connectivity index (χ0v) is 16.0. The van der Waals surface area contributed by atoms with Gasteiger partial charge in [-0.3, -0.25) is 0 Å². The summed E-state index contributed by atoms with van der Waals surface area (Å²) in [4.78, 5) is 11.0. The van der Waals surface area contributed by atoms with E-state index >= 15 is 0 Å². The minimum Gasteiger partial charge on any atom is -1.00 e. The van der Waals surface area contributed by atoms with E-state index in [0.717, 1.165) is 61.2 Å². The molecule has 0 atom stereocenters. The lowest BCUT2D eigenvalue weighted by Gasteiger charge is -2.44. The van der Waals surface area contributed by atoms with Crippen LogP contribution in [-0.4, -0.2) is 54.0 Å². The molecule has 0 amide bonds. The zero-order valence-electron chi connectivity index (χ0n) is 14.4. The molecule has 1 aromatic carbocycles. The lowest BCUT2D eigenvalue weighted by Crippen LogP contribution is -3.00. The van der Waals surface area contributed by atoms with Crippen molar-refractivity contribution >= 4 is 5.95 Å². The Balaban J connectivity index is 0.00000182. The van der Waals surface area contributed by atoms with Gasteiger partial charge in [0, 0.05) is 18.0 Å². The van der Waals surface area contributed by atoms with Crippen LogP contribution in [0.15, 0.2) is 36.7 Å². The summed E-state index contributed by atoms with van der Waals surface area (Å²) in [6.45, 7) is 8.94. The fourth-order valence-electron chi connectivity index (χ4n) is 3.56. The summed E-state index contributed by atoms with van der Waals surface area (Å²) in [5, 5.41) is 0. The fraction of sp³-hybridized carbons (Fsp3) is 0.444. The average Bonchev–Trinajstić information content (AvgIpc) is 3.11. The molecule has 3 heterocycles. The normalized spacial score (nSPS) is 17.9. The molecule has 0 saturated carbocycles. The Hall–Kier alpha value is -1.86. The van der Waals surface area contributed by atoms with E-state index in [4.69, 9.17) is 9.47 Å². The zero-order chi connectivity index (χ0) is 16.4. The topological polar surface area (TPSA) is 47.5 Å². The van der Waals surface area contributed by atoms with Crippen molar-refractivity contribution in [3.63, 3.8) is 0 Å². The molecule has 2 aliphatic heterocycles. The van der Waals surface area contributed by atoms with Gasteiger partial charge in [0.25, 0.3) is 0 Å². The van der Waals surface area contributed by atoms with Crippen LogP contribution in [-0.2, 0) is 6.54 Å². The van der Waals surface area contributed by atoms with Gasteiger partial charge in [-0.1, -0.05) is 0 Å². The lowest BCUT2D eigenvalue weighted by molar-refractivity contribution is -0.939. The van der Waals surface area contributed by atoms with Gasteiger partial charge in [-0.15, -0.1) is 0 Å². The van der Waals surface area contributed by atoms with Gasteiger partial charge in [0.05, 0.1) is 32.7 Å². The summed E-state index contributed by atoms with van der Waals surface area (Å²) in [5.41, 5.74) is 1.31. The number of ether oxygens (including phenoxy) is 2. The van der Waals surface area contributed by atoms with Gasteiger partial charge in [0.2, 0.25) is 12.7 Å². The van der Waals surface area contributed by atoms with Crippen LogP contribution in [0, 0.1) is 0 Å². The predicted octanol–water partition coefficient (Wildman–Crippen LogP) is -0.934. The molecule has 6 nitrogen and oxygen atoms in total. The van der Waals surface area contributed by atoms with Gasteiger partial charge in [-0.2, -0.15) is 0 Å². The van der Waals surface area contributed by atoms with Crippen molar-refractivity contribution in [2.75, 3.05) is 44.4 Å². The summed E-state index contributed by atoms with van der Waals surface area (Å²) in [6, 6.07) is 8.18. The van der Waals surface area contributed by atoms with Crippen molar-refractivity contribution in [2.45, 2.75) is 13.5 Å². The summed E-state index contributed by atoms with van der Waals surface area (Å²) >= 11 is 0. The standard InChI is InChI=1S/C18H23N4O2.BrH/c1-2-22(13-15-4-5-16-17(12-15)24-14-23-16)10-8-21(9-11-22)18-19-6-3-7-20-18;/h3-7,12H,2,8-11,13-14H2,1H3;1H/q+1;/p-1. The van der Waals surface area contributed by atoms with Gasteiger partial charge < -0.3 is 35.8 Å². The van der Waals surface area contributed by atoms with E-state index in [9.17, 15) is 0 Å². The van der Waals surface area contributed by atoms with Crippen LogP contribution < -0.4 is 31.4 Å². The molecule has 25 heavy (non-hydrogen) atoms. The SMILES string of the molecule is CC[N+]1(Cc2ccc3c(c2)OCO3)CCN(c2ncccn2)CC1.[Br-]. The lowest BCUT2D eigenvalue weighted by atomic mass is 10.1. The van der Waals surface area contributed by atoms with E-state index < -0.39 is 0 Å². The highest BCUT2D eigenvalue weighted by Crippen LogP contribution is 2.33. The third kappa shape index (κ3) is 3.72. The molecular formula is C18H23BrN4O2. The van der Waals surface area contributed by atoms with E-state index in [-0.39, 0.29) is 17.0 Å². The maximum absolute atomic E-state index is 5.52. The third-order valence-electron chi connectivity index (χ3n) is 5.15. The largest absolute Gasteiger partial charge is 1.00 e. The minimum absolute atomic E-state index is 0. The van der Waals surface area contributed by atoms with Gasteiger partial charge in [-0.25, -0.2) is 9.97 Å². The minimum atomic E-state index is 0. The number of hydrogen-bond acceptors (Lipinski definition) is 5. The highest BCUT2D eigenvalue weighted by Gasteiger charge is 2.32. The van der Waals surface area contributed by atoms with Gasteiger partial charge in [0.1, 0.15) is 6.54 Å². The van der Waals surface area contributed by atoms with Crippen molar-refractivity contribution in [2.24, 2.45) is 0 Å². The molecule has 0 radical (unpaired) electrons. The van der Waals surface area contributed by atoms with E-state index in [2.05, 4.69) is 33.9 Å². The van der Waals surface area contributed by atoms with Crippen molar-refractivity contribution in [1.29, 1.82) is 0 Å². The van der Waals surface area contributed by atoms with E-state index in [1.54, 1.807) is 0 Å². The summed E-state index contributed by atoms with van der Waals surface area (Å²) in [6.07, 6.45) is 3.62. The van der Waals surface area contributed by atoms with Crippen molar-refractivity contribution in [3.8, 4) is 11.5 Å². The number of hydrogen-bond donors (Lipinski definition) is 0. The van der Waals surface area contributed by atoms with Crippen LogP contribution in [0.4, 0.5) is 5.95 Å². The smallest absolute Gasteiger partial charge is 0.231 e. The van der Waals surface area contributed by atoms with Crippen LogP contribution in [0.25, 0.3) is 0 Å². The second kappa shape index (κ2) is 7.58.